The van der Waals surface area contributed by atoms with E-state index in [2.05, 4.69) is 11.9 Å². The molecule has 3 heteroatoms. The van der Waals surface area contributed by atoms with Gasteiger partial charge in [0.25, 0.3) is 0 Å². The Labute approximate surface area is 108 Å². The summed E-state index contributed by atoms with van der Waals surface area (Å²) in [7, 11) is 2.15. The van der Waals surface area contributed by atoms with E-state index in [9.17, 15) is 5.11 Å². The van der Waals surface area contributed by atoms with Gasteiger partial charge in [-0.1, -0.05) is 30.5 Å². The Morgan fingerprint density at radius 3 is 2.71 bits per heavy atom. The third kappa shape index (κ3) is 3.62. The number of phenolic OH excluding ortho intramolecular Hbond substituents is 1. The van der Waals surface area contributed by atoms with Crippen LogP contribution in [0, 0.1) is 5.92 Å². The number of hydrogen-bond acceptors (Lipinski definition) is 2. The maximum Gasteiger partial charge on any atom is 0.134 e. The first-order chi connectivity index (χ1) is 8.15. The van der Waals surface area contributed by atoms with Crippen molar-refractivity contribution >= 4 is 11.6 Å². The number of benzene rings is 1. The molecule has 0 spiro atoms. The molecule has 0 bridgehead atoms. The number of nitrogens with zero attached hydrogens (tertiary/aromatic N) is 1. The van der Waals surface area contributed by atoms with Crippen LogP contribution < -0.4 is 0 Å². The predicted molar refractivity (Wildman–Crippen MR) is 71.4 cm³/mol. The molecule has 1 aromatic carbocycles. The van der Waals surface area contributed by atoms with Gasteiger partial charge < -0.3 is 10.0 Å². The Kier molecular flexibility index (Phi) is 4.30. The normalized spacial score (nSPS) is 16.9. The predicted octanol–water partition coefficient (Wildman–Crippen LogP) is 3.67. The minimum absolute atomic E-state index is 0.161. The van der Waals surface area contributed by atoms with Crippen molar-refractivity contribution < 1.29 is 5.11 Å². The molecule has 0 aromatic heterocycles. The highest BCUT2D eigenvalue weighted by atomic mass is 35.5. The summed E-state index contributed by atoms with van der Waals surface area (Å²) >= 11 is 5.90. The van der Waals surface area contributed by atoms with Crippen LogP contribution in [0.25, 0.3) is 0 Å². The Hall–Kier alpha value is -0.730. The number of phenols is 1. The molecule has 1 fully saturated rings. The van der Waals surface area contributed by atoms with Gasteiger partial charge in [-0.3, -0.25) is 0 Å². The lowest BCUT2D eigenvalue weighted by atomic mass is 10.1. The van der Waals surface area contributed by atoms with E-state index in [0.29, 0.717) is 5.02 Å². The summed E-state index contributed by atoms with van der Waals surface area (Å²) < 4.78 is 0. The Morgan fingerprint density at radius 2 is 2.06 bits per heavy atom. The van der Waals surface area contributed by atoms with Gasteiger partial charge in [0.15, 0.2) is 0 Å². The van der Waals surface area contributed by atoms with Gasteiger partial charge in [0.1, 0.15) is 5.75 Å². The van der Waals surface area contributed by atoms with Crippen molar-refractivity contribution in [1.29, 1.82) is 0 Å². The van der Waals surface area contributed by atoms with Crippen molar-refractivity contribution in [2.45, 2.75) is 32.2 Å². The van der Waals surface area contributed by atoms with E-state index in [1.165, 1.54) is 32.2 Å². The second kappa shape index (κ2) is 5.74. The maximum absolute atomic E-state index is 9.36. The first kappa shape index (κ1) is 12.7. The van der Waals surface area contributed by atoms with Crippen LogP contribution in [0.3, 0.4) is 0 Å². The van der Waals surface area contributed by atoms with E-state index in [4.69, 9.17) is 11.6 Å². The SMILES string of the molecule is CN(Cc1ccc(O)c(Cl)c1)CC1CCCC1. The molecule has 1 saturated carbocycles. The second-order valence-corrected chi connectivity index (χ2v) is 5.54. The fourth-order valence-corrected chi connectivity index (χ4v) is 2.86. The first-order valence-electron chi connectivity index (χ1n) is 6.31. The van der Waals surface area contributed by atoms with Crippen molar-refractivity contribution in [3.05, 3.63) is 28.8 Å². The number of aromatic hydroxyl groups is 1. The van der Waals surface area contributed by atoms with Crippen molar-refractivity contribution in [2.75, 3.05) is 13.6 Å². The zero-order chi connectivity index (χ0) is 12.3. The lowest BCUT2D eigenvalue weighted by Crippen LogP contribution is -2.24. The van der Waals surface area contributed by atoms with Crippen LogP contribution in [-0.4, -0.2) is 23.6 Å². The highest BCUT2D eigenvalue weighted by molar-refractivity contribution is 6.32. The largest absolute Gasteiger partial charge is 0.506 e. The van der Waals surface area contributed by atoms with Gasteiger partial charge in [-0.2, -0.15) is 0 Å². The van der Waals surface area contributed by atoms with Crippen LogP contribution in [0.4, 0.5) is 0 Å². The van der Waals surface area contributed by atoms with Crippen LogP contribution in [0.1, 0.15) is 31.2 Å². The lowest BCUT2D eigenvalue weighted by molar-refractivity contribution is 0.271. The summed E-state index contributed by atoms with van der Waals surface area (Å²) in [4.78, 5) is 2.35. The van der Waals surface area contributed by atoms with E-state index < -0.39 is 0 Å². The van der Waals surface area contributed by atoms with Gasteiger partial charge in [0, 0.05) is 13.1 Å². The van der Waals surface area contributed by atoms with Crippen molar-refractivity contribution in [1.82, 2.24) is 4.90 Å². The molecule has 94 valence electrons. The minimum Gasteiger partial charge on any atom is -0.506 e. The Bertz CT molecular complexity index is 374. The zero-order valence-corrected chi connectivity index (χ0v) is 11.1. The highest BCUT2D eigenvalue weighted by Gasteiger charge is 2.16. The Morgan fingerprint density at radius 1 is 1.35 bits per heavy atom. The molecule has 0 aliphatic heterocycles. The molecular formula is C14H20ClNO. The highest BCUT2D eigenvalue weighted by Crippen LogP contribution is 2.27. The molecule has 0 unspecified atom stereocenters. The summed E-state index contributed by atoms with van der Waals surface area (Å²) in [6.07, 6.45) is 5.54. The fraction of sp³-hybridized carbons (Fsp3) is 0.571. The van der Waals surface area contributed by atoms with Gasteiger partial charge in [-0.05, 0) is 43.5 Å². The molecule has 1 N–H and O–H groups in total. The molecule has 1 aliphatic carbocycles. The second-order valence-electron chi connectivity index (χ2n) is 5.13. The van der Waals surface area contributed by atoms with Gasteiger partial charge in [0.05, 0.1) is 5.02 Å². The van der Waals surface area contributed by atoms with Crippen molar-refractivity contribution in [3.63, 3.8) is 0 Å². The molecule has 2 nitrogen and oxygen atoms in total. The molecule has 0 amide bonds. The monoisotopic (exact) mass is 253 g/mol. The lowest BCUT2D eigenvalue weighted by Gasteiger charge is -2.20. The summed E-state index contributed by atoms with van der Waals surface area (Å²) in [5.41, 5.74) is 1.16. The Balaban J connectivity index is 1.88. The number of halogens is 1. The van der Waals surface area contributed by atoms with Crippen LogP contribution in [0.2, 0.25) is 5.02 Å². The zero-order valence-electron chi connectivity index (χ0n) is 10.3. The minimum atomic E-state index is 0.161. The standard InChI is InChI=1S/C14H20ClNO/c1-16(9-11-4-2-3-5-11)10-12-6-7-14(17)13(15)8-12/h6-8,11,17H,2-5,9-10H2,1H3. The molecular weight excluding hydrogens is 234 g/mol. The summed E-state index contributed by atoms with van der Waals surface area (Å²) in [6, 6.07) is 5.45. The topological polar surface area (TPSA) is 23.5 Å². The quantitative estimate of drug-likeness (QED) is 0.885. The van der Waals surface area contributed by atoms with E-state index in [1.54, 1.807) is 6.07 Å². The van der Waals surface area contributed by atoms with E-state index in [-0.39, 0.29) is 5.75 Å². The molecule has 0 saturated heterocycles. The van der Waals surface area contributed by atoms with E-state index >= 15 is 0 Å². The smallest absolute Gasteiger partial charge is 0.134 e. The third-order valence-corrected chi connectivity index (χ3v) is 3.81. The maximum atomic E-state index is 9.36. The summed E-state index contributed by atoms with van der Waals surface area (Å²) in [5.74, 6) is 1.03. The molecule has 17 heavy (non-hydrogen) atoms. The molecule has 1 aliphatic rings. The fourth-order valence-electron chi connectivity index (χ4n) is 2.66. The summed E-state index contributed by atoms with van der Waals surface area (Å²) in [6.45, 7) is 2.06. The van der Waals surface area contributed by atoms with E-state index in [0.717, 1.165) is 18.0 Å². The number of rotatable bonds is 4. The first-order valence-corrected chi connectivity index (χ1v) is 6.69. The van der Waals surface area contributed by atoms with Gasteiger partial charge in [-0.15, -0.1) is 0 Å². The average Bonchev–Trinajstić information content (AvgIpc) is 2.76. The molecule has 1 aromatic rings. The van der Waals surface area contributed by atoms with E-state index in [1.807, 2.05) is 12.1 Å². The van der Waals surface area contributed by atoms with Crippen molar-refractivity contribution in [3.8, 4) is 5.75 Å². The molecule has 0 radical (unpaired) electrons. The molecule has 2 rings (SSSR count). The van der Waals surface area contributed by atoms with Gasteiger partial charge >= 0.3 is 0 Å². The summed E-state index contributed by atoms with van der Waals surface area (Å²) in [5, 5.41) is 9.80. The van der Waals surface area contributed by atoms with Gasteiger partial charge in [-0.25, -0.2) is 0 Å². The van der Waals surface area contributed by atoms with Crippen LogP contribution in [0.5, 0.6) is 5.75 Å². The molecule has 0 heterocycles. The van der Waals surface area contributed by atoms with Gasteiger partial charge in [0.2, 0.25) is 0 Å². The molecule has 0 atom stereocenters. The van der Waals surface area contributed by atoms with Crippen molar-refractivity contribution in [2.24, 2.45) is 5.92 Å². The number of hydrogen-bond donors (Lipinski definition) is 1. The van der Waals surface area contributed by atoms with Crippen LogP contribution in [-0.2, 0) is 6.54 Å². The van der Waals surface area contributed by atoms with Crippen LogP contribution in [0.15, 0.2) is 18.2 Å². The average molecular weight is 254 g/mol. The third-order valence-electron chi connectivity index (χ3n) is 3.51. The van der Waals surface area contributed by atoms with Crippen LogP contribution >= 0.6 is 11.6 Å².